The number of aryl methyl sites for hydroxylation is 1. The predicted molar refractivity (Wildman–Crippen MR) is 146 cm³/mol. The summed E-state index contributed by atoms with van der Waals surface area (Å²) in [6.07, 6.45) is 5.98. The van der Waals surface area contributed by atoms with E-state index >= 15 is 0 Å². The van der Waals surface area contributed by atoms with E-state index in [0.717, 1.165) is 77.0 Å². The van der Waals surface area contributed by atoms with Gasteiger partial charge >= 0.3 is 5.69 Å². The standard InChI is InChI=1S/C29H30N6O/c1-3-31-27-11-7-22(17-33-27)21-6-10-25-24(16-21)28-26(18-32-25)34(2)29(36)35(28)23-8-4-19(5-9-23)20-12-14-30-15-13-20/h4-11,16-18,20,30H,3,12-15H2,1-2H3,(H,31,33). The van der Waals surface area contributed by atoms with Crippen molar-refractivity contribution in [2.75, 3.05) is 25.0 Å². The summed E-state index contributed by atoms with van der Waals surface area (Å²) < 4.78 is 3.50. The van der Waals surface area contributed by atoms with Crippen LogP contribution in [-0.2, 0) is 7.05 Å². The van der Waals surface area contributed by atoms with E-state index in [-0.39, 0.29) is 5.69 Å². The molecule has 0 atom stereocenters. The monoisotopic (exact) mass is 478 g/mol. The highest BCUT2D eigenvalue weighted by atomic mass is 16.1. The van der Waals surface area contributed by atoms with Gasteiger partial charge in [-0.15, -0.1) is 0 Å². The summed E-state index contributed by atoms with van der Waals surface area (Å²) in [6.45, 7) is 5.00. The first kappa shape index (κ1) is 22.5. The highest BCUT2D eigenvalue weighted by Gasteiger charge is 2.18. The van der Waals surface area contributed by atoms with Crippen molar-refractivity contribution < 1.29 is 0 Å². The molecule has 182 valence electrons. The van der Waals surface area contributed by atoms with Gasteiger partial charge in [-0.2, -0.15) is 0 Å². The molecule has 0 radical (unpaired) electrons. The zero-order valence-corrected chi connectivity index (χ0v) is 20.7. The molecule has 1 aliphatic heterocycles. The summed E-state index contributed by atoms with van der Waals surface area (Å²) in [5.41, 5.74) is 6.75. The summed E-state index contributed by atoms with van der Waals surface area (Å²) in [5, 5.41) is 7.61. The van der Waals surface area contributed by atoms with E-state index < -0.39 is 0 Å². The van der Waals surface area contributed by atoms with E-state index in [4.69, 9.17) is 0 Å². The second kappa shape index (κ2) is 9.24. The minimum Gasteiger partial charge on any atom is -0.370 e. The summed E-state index contributed by atoms with van der Waals surface area (Å²) in [6, 6.07) is 18.8. The molecule has 1 aliphatic rings. The van der Waals surface area contributed by atoms with Crippen molar-refractivity contribution in [2.24, 2.45) is 7.05 Å². The van der Waals surface area contributed by atoms with Crippen molar-refractivity contribution in [2.45, 2.75) is 25.7 Å². The Balaban J connectivity index is 1.49. The van der Waals surface area contributed by atoms with Crippen molar-refractivity contribution in [3.63, 3.8) is 0 Å². The number of anilines is 1. The third-order valence-corrected chi connectivity index (χ3v) is 7.30. The zero-order valence-electron chi connectivity index (χ0n) is 20.7. The van der Waals surface area contributed by atoms with Gasteiger partial charge in [-0.25, -0.2) is 9.78 Å². The van der Waals surface area contributed by atoms with Crippen molar-refractivity contribution in [3.05, 3.63) is 83.0 Å². The Bertz CT molecular complexity index is 1590. The molecule has 1 fully saturated rings. The maximum Gasteiger partial charge on any atom is 0.333 e. The van der Waals surface area contributed by atoms with Crippen molar-refractivity contribution in [3.8, 4) is 16.8 Å². The highest BCUT2D eigenvalue weighted by Crippen LogP contribution is 2.31. The number of pyridine rings is 2. The second-order valence-electron chi connectivity index (χ2n) is 9.48. The third kappa shape index (κ3) is 3.85. The summed E-state index contributed by atoms with van der Waals surface area (Å²) in [5.74, 6) is 1.43. The van der Waals surface area contributed by atoms with E-state index in [1.54, 1.807) is 10.8 Å². The first-order valence-electron chi connectivity index (χ1n) is 12.7. The first-order valence-corrected chi connectivity index (χ1v) is 12.7. The maximum absolute atomic E-state index is 13.4. The first-order chi connectivity index (χ1) is 17.6. The zero-order chi connectivity index (χ0) is 24.6. The maximum atomic E-state index is 13.4. The van der Waals surface area contributed by atoms with Crippen LogP contribution in [0.3, 0.4) is 0 Å². The van der Waals surface area contributed by atoms with Gasteiger partial charge in [0.15, 0.2) is 0 Å². The molecule has 4 heterocycles. The average Bonchev–Trinajstić information content (AvgIpc) is 3.19. The van der Waals surface area contributed by atoms with Crippen molar-refractivity contribution in [1.82, 2.24) is 24.4 Å². The lowest BCUT2D eigenvalue weighted by Crippen LogP contribution is -2.26. The van der Waals surface area contributed by atoms with Crippen LogP contribution in [0.15, 0.2) is 71.8 Å². The van der Waals surface area contributed by atoms with Gasteiger partial charge in [0, 0.05) is 30.7 Å². The van der Waals surface area contributed by atoms with Crippen LogP contribution in [0.4, 0.5) is 5.82 Å². The number of nitrogens with one attached hydrogen (secondary N) is 2. The molecule has 0 spiro atoms. The molecule has 36 heavy (non-hydrogen) atoms. The molecule has 1 saturated heterocycles. The van der Waals surface area contributed by atoms with Crippen LogP contribution in [0.5, 0.6) is 0 Å². The number of benzene rings is 2. The summed E-state index contributed by atoms with van der Waals surface area (Å²) in [7, 11) is 1.81. The Labute approximate surface area is 209 Å². The number of rotatable bonds is 5. The van der Waals surface area contributed by atoms with E-state index in [1.165, 1.54) is 5.56 Å². The summed E-state index contributed by atoms with van der Waals surface area (Å²) in [4.78, 5) is 22.6. The molecular weight excluding hydrogens is 448 g/mol. The Morgan fingerprint density at radius 2 is 1.75 bits per heavy atom. The second-order valence-corrected chi connectivity index (χ2v) is 9.48. The Morgan fingerprint density at radius 1 is 0.972 bits per heavy atom. The molecule has 6 rings (SSSR count). The van der Waals surface area contributed by atoms with Crippen molar-refractivity contribution in [1.29, 1.82) is 0 Å². The van der Waals surface area contributed by atoms with Gasteiger partial charge in [-0.1, -0.05) is 18.2 Å². The minimum absolute atomic E-state index is 0.0732. The molecule has 5 aromatic rings. The van der Waals surface area contributed by atoms with Gasteiger partial charge < -0.3 is 10.6 Å². The number of hydrogen-bond acceptors (Lipinski definition) is 5. The number of fused-ring (bicyclic) bond motifs is 3. The normalized spacial score (nSPS) is 14.5. The fraction of sp³-hybridized carbons (Fsp3) is 0.276. The highest BCUT2D eigenvalue weighted by molar-refractivity contribution is 6.04. The van der Waals surface area contributed by atoms with Gasteiger partial charge in [-0.05, 0) is 86.3 Å². The fourth-order valence-corrected chi connectivity index (χ4v) is 5.32. The lowest BCUT2D eigenvalue weighted by Gasteiger charge is -2.23. The molecule has 3 aromatic heterocycles. The van der Waals surface area contributed by atoms with Crippen LogP contribution in [0.1, 0.15) is 31.2 Å². The van der Waals surface area contributed by atoms with Gasteiger partial charge in [0.1, 0.15) is 5.82 Å². The smallest absolute Gasteiger partial charge is 0.333 e. The van der Waals surface area contributed by atoms with Gasteiger partial charge in [-0.3, -0.25) is 14.1 Å². The molecule has 0 saturated carbocycles. The van der Waals surface area contributed by atoms with Crippen LogP contribution >= 0.6 is 0 Å². The summed E-state index contributed by atoms with van der Waals surface area (Å²) >= 11 is 0. The number of aromatic nitrogens is 4. The number of imidazole rings is 1. The molecule has 7 nitrogen and oxygen atoms in total. The van der Waals surface area contributed by atoms with Crippen LogP contribution in [0, 0.1) is 0 Å². The quantitative estimate of drug-likeness (QED) is 0.378. The van der Waals surface area contributed by atoms with Crippen LogP contribution < -0.4 is 16.3 Å². The molecule has 2 aromatic carbocycles. The Hall–Kier alpha value is -3.97. The van der Waals surface area contributed by atoms with Gasteiger partial charge in [0.25, 0.3) is 0 Å². The SMILES string of the molecule is CCNc1ccc(-c2ccc3ncc4c(c3c2)n(-c2ccc(C3CCNCC3)cc2)c(=O)n4C)cn1. The lowest BCUT2D eigenvalue weighted by atomic mass is 9.90. The van der Waals surface area contributed by atoms with E-state index in [1.807, 2.05) is 29.9 Å². The minimum atomic E-state index is -0.0732. The third-order valence-electron chi connectivity index (χ3n) is 7.30. The van der Waals surface area contributed by atoms with E-state index in [2.05, 4.69) is 70.0 Å². The molecule has 0 amide bonds. The van der Waals surface area contributed by atoms with Gasteiger partial charge in [0.2, 0.25) is 0 Å². The van der Waals surface area contributed by atoms with E-state index in [9.17, 15) is 4.79 Å². The van der Waals surface area contributed by atoms with Crippen LogP contribution in [0.25, 0.3) is 38.8 Å². The number of hydrogen-bond donors (Lipinski definition) is 2. The average molecular weight is 479 g/mol. The number of piperidine rings is 1. The molecule has 0 aliphatic carbocycles. The Morgan fingerprint density at radius 3 is 2.47 bits per heavy atom. The molecule has 0 bridgehead atoms. The topological polar surface area (TPSA) is 76.8 Å². The molecular formula is C29H30N6O. The molecule has 7 heteroatoms. The molecule has 0 unspecified atom stereocenters. The largest absolute Gasteiger partial charge is 0.370 e. The molecule has 2 N–H and O–H groups in total. The van der Waals surface area contributed by atoms with Crippen LogP contribution in [-0.4, -0.2) is 38.7 Å². The van der Waals surface area contributed by atoms with Crippen LogP contribution in [0.2, 0.25) is 0 Å². The van der Waals surface area contributed by atoms with Gasteiger partial charge in [0.05, 0.1) is 28.4 Å². The predicted octanol–water partition coefficient (Wildman–Crippen LogP) is 4.84. The van der Waals surface area contributed by atoms with Crippen molar-refractivity contribution >= 4 is 27.8 Å². The van der Waals surface area contributed by atoms with E-state index in [0.29, 0.717) is 5.92 Å². The number of nitrogens with zero attached hydrogens (tertiary/aromatic N) is 4. The Kier molecular flexibility index (Phi) is 5.77. The lowest BCUT2D eigenvalue weighted by molar-refractivity contribution is 0.460. The fourth-order valence-electron chi connectivity index (χ4n) is 5.32.